The molecule has 0 radical (unpaired) electrons. The van der Waals surface area contributed by atoms with Gasteiger partial charge in [-0.25, -0.2) is 0 Å². The van der Waals surface area contributed by atoms with Gasteiger partial charge in [0, 0.05) is 31.8 Å². The molecule has 1 aliphatic rings. The maximum Gasteiger partial charge on any atom is 0.233 e. The standard InChI is InChI=1S/C17H24ClNO3/c1-16(2,21)12-19(3)15(20)17(7-9-22-10-8-17)13-5-4-6-14(18)11-13/h4-6,11,21H,7-10,12H2,1-3H3. The Morgan fingerprint density at radius 2 is 2.05 bits per heavy atom. The van der Waals surface area contributed by atoms with Crippen LogP contribution in [0.1, 0.15) is 32.3 Å². The summed E-state index contributed by atoms with van der Waals surface area (Å²) in [7, 11) is 1.74. The Morgan fingerprint density at radius 1 is 1.41 bits per heavy atom. The van der Waals surface area contributed by atoms with Gasteiger partial charge in [-0.15, -0.1) is 0 Å². The van der Waals surface area contributed by atoms with Crippen molar-refractivity contribution in [3.05, 3.63) is 34.9 Å². The zero-order chi connectivity index (χ0) is 16.4. The number of hydrogen-bond donors (Lipinski definition) is 1. The highest BCUT2D eigenvalue weighted by molar-refractivity contribution is 6.30. The van der Waals surface area contributed by atoms with Crippen LogP contribution in [0.15, 0.2) is 24.3 Å². The SMILES string of the molecule is CN(CC(C)(C)O)C(=O)C1(c2cccc(Cl)c2)CCOCC1. The van der Waals surface area contributed by atoms with E-state index < -0.39 is 11.0 Å². The van der Waals surface area contributed by atoms with Crippen molar-refractivity contribution in [1.82, 2.24) is 4.90 Å². The van der Waals surface area contributed by atoms with Gasteiger partial charge in [-0.3, -0.25) is 4.79 Å². The number of likely N-dealkylation sites (N-methyl/N-ethyl adjacent to an activating group) is 1. The number of aliphatic hydroxyl groups is 1. The number of ether oxygens (including phenoxy) is 1. The molecule has 4 nitrogen and oxygen atoms in total. The van der Waals surface area contributed by atoms with E-state index in [2.05, 4.69) is 0 Å². The van der Waals surface area contributed by atoms with Gasteiger partial charge in [0.25, 0.3) is 0 Å². The fraction of sp³-hybridized carbons (Fsp3) is 0.588. The fourth-order valence-electron chi connectivity index (χ4n) is 3.15. The molecule has 0 aromatic heterocycles. The van der Waals surface area contributed by atoms with Gasteiger partial charge in [-0.2, -0.15) is 0 Å². The minimum absolute atomic E-state index is 0.0141. The van der Waals surface area contributed by atoms with Crippen LogP contribution in [0.3, 0.4) is 0 Å². The summed E-state index contributed by atoms with van der Waals surface area (Å²) in [6.45, 7) is 4.79. The van der Waals surface area contributed by atoms with Crippen molar-refractivity contribution in [2.45, 2.75) is 37.7 Å². The highest BCUT2D eigenvalue weighted by Gasteiger charge is 2.44. The molecule has 0 aliphatic carbocycles. The maximum absolute atomic E-state index is 13.1. The van der Waals surface area contributed by atoms with Crippen molar-refractivity contribution < 1.29 is 14.6 Å². The molecule has 5 heteroatoms. The predicted molar refractivity (Wildman–Crippen MR) is 87.1 cm³/mol. The fourth-order valence-corrected chi connectivity index (χ4v) is 3.34. The third-order valence-corrected chi connectivity index (χ3v) is 4.34. The van der Waals surface area contributed by atoms with Crippen LogP contribution >= 0.6 is 11.6 Å². The average molecular weight is 326 g/mol. The summed E-state index contributed by atoms with van der Waals surface area (Å²) in [4.78, 5) is 14.7. The number of benzene rings is 1. The minimum Gasteiger partial charge on any atom is -0.389 e. The second-order valence-corrected chi connectivity index (χ2v) is 7.11. The van der Waals surface area contributed by atoms with Crippen LogP contribution < -0.4 is 0 Å². The lowest BCUT2D eigenvalue weighted by atomic mass is 9.73. The molecule has 22 heavy (non-hydrogen) atoms. The summed E-state index contributed by atoms with van der Waals surface area (Å²) in [5, 5.41) is 10.6. The van der Waals surface area contributed by atoms with Crippen molar-refractivity contribution in [2.24, 2.45) is 0 Å². The van der Waals surface area contributed by atoms with Crippen LogP contribution in [-0.2, 0) is 14.9 Å². The van der Waals surface area contributed by atoms with Crippen molar-refractivity contribution in [3.8, 4) is 0 Å². The van der Waals surface area contributed by atoms with Gasteiger partial charge in [-0.05, 0) is 44.4 Å². The van der Waals surface area contributed by atoms with Crippen LogP contribution in [0.4, 0.5) is 0 Å². The smallest absolute Gasteiger partial charge is 0.233 e. The molecular formula is C17H24ClNO3. The maximum atomic E-state index is 13.1. The minimum atomic E-state index is -0.925. The second kappa shape index (κ2) is 6.57. The molecule has 1 N–H and O–H groups in total. The second-order valence-electron chi connectivity index (χ2n) is 6.68. The lowest BCUT2D eigenvalue weighted by molar-refractivity contribution is -0.142. The van der Waals surface area contributed by atoms with Gasteiger partial charge in [-0.1, -0.05) is 23.7 Å². The molecule has 1 heterocycles. The zero-order valence-corrected chi connectivity index (χ0v) is 14.2. The van der Waals surface area contributed by atoms with Gasteiger partial charge in [0.15, 0.2) is 0 Å². The van der Waals surface area contributed by atoms with Gasteiger partial charge in [0.2, 0.25) is 5.91 Å². The number of carbonyl (C=O) groups is 1. The molecule has 0 spiro atoms. The molecule has 122 valence electrons. The Labute approximate surface area is 137 Å². The van der Waals surface area contributed by atoms with E-state index in [9.17, 15) is 9.90 Å². The van der Waals surface area contributed by atoms with Crippen molar-refractivity contribution in [1.29, 1.82) is 0 Å². The first-order chi connectivity index (χ1) is 10.2. The Morgan fingerprint density at radius 3 is 2.59 bits per heavy atom. The third kappa shape index (κ3) is 3.80. The van der Waals surface area contributed by atoms with Gasteiger partial charge in [0.05, 0.1) is 11.0 Å². The lowest BCUT2D eigenvalue weighted by Crippen LogP contribution is -2.51. The van der Waals surface area contributed by atoms with E-state index >= 15 is 0 Å². The van der Waals surface area contributed by atoms with E-state index in [4.69, 9.17) is 16.3 Å². The summed E-state index contributed by atoms with van der Waals surface area (Å²) in [5.41, 5.74) is -0.621. The summed E-state index contributed by atoms with van der Waals surface area (Å²) in [6.07, 6.45) is 1.25. The number of rotatable bonds is 4. The topological polar surface area (TPSA) is 49.8 Å². The Bertz CT molecular complexity index is 533. The number of halogens is 1. The zero-order valence-electron chi connectivity index (χ0n) is 13.4. The van der Waals surface area contributed by atoms with E-state index in [1.54, 1.807) is 25.8 Å². The van der Waals surface area contributed by atoms with E-state index in [0.717, 1.165) is 5.56 Å². The first-order valence-corrected chi connectivity index (χ1v) is 7.94. The molecule has 1 fully saturated rings. The summed E-state index contributed by atoms with van der Waals surface area (Å²) >= 11 is 6.12. The summed E-state index contributed by atoms with van der Waals surface area (Å²) in [5.74, 6) is 0.0141. The average Bonchev–Trinajstić information content (AvgIpc) is 2.45. The van der Waals surface area contributed by atoms with E-state index in [-0.39, 0.29) is 12.5 Å². The molecule has 0 bridgehead atoms. The van der Waals surface area contributed by atoms with Gasteiger partial charge >= 0.3 is 0 Å². The molecule has 0 unspecified atom stereocenters. The molecule has 2 rings (SSSR count). The molecule has 1 aliphatic heterocycles. The quantitative estimate of drug-likeness (QED) is 0.925. The molecular weight excluding hydrogens is 302 g/mol. The normalized spacial score (nSPS) is 18.0. The van der Waals surface area contributed by atoms with Crippen LogP contribution in [0.25, 0.3) is 0 Å². The van der Waals surface area contributed by atoms with E-state index in [1.165, 1.54) is 0 Å². The van der Waals surface area contributed by atoms with Crippen LogP contribution in [0.5, 0.6) is 0 Å². The molecule has 1 aromatic carbocycles. The monoisotopic (exact) mass is 325 g/mol. The molecule has 1 saturated heterocycles. The summed E-state index contributed by atoms with van der Waals surface area (Å²) in [6, 6.07) is 7.50. The molecule has 0 saturated carbocycles. The van der Waals surface area contributed by atoms with E-state index in [1.807, 2.05) is 24.3 Å². The molecule has 0 atom stereocenters. The van der Waals surface area contributed by atoms with Crippen molar-refractivity contribution >= 4 is 17.5 Å². The van der Waals surface area contributed by atoms with E-state index in [0.29, 0.717) is 31.1 Å². The third-order valence-electron chi connectivity index (χ3n) is 4.10. The predicted octanol–water partition coefficient (Wildman–Crippen LogP) is 2.62. The van der Waals surface area contributed by atoms with Gasteiger partial charge < -0.3 is 14.7 Å². The lowest BCUT2D eigenvalue weighted by Gasteiger charge is -2.40. The number of hydrogen-bond acceptors (Lipinski definition) is 3. The van der Waals surface area contributed by atoms with Gasteiger partial charge in [0.1, 0.15) is 0 Å². The number of nitrogens with zero attached hydrogens (tertiary/aromatic N) is 1. The molecule has 1 aromatic rings. The van der Waals surface area contributed by atoms with Crippen molar-refractivity contribution in [2.75, 3.05) is 26.8 Å². The number of carbonyl (C=O) groups excluding carboxylic acids is 1. The van der Waals surface area contributed by atoms with Crippen molar-refractivity contribution in [3.63, 3.8) is 0 Å². The summed E-state index contributed by atoms with van der Waals surface area (Å²) < 4.78 is 5.45. The highest BCUT2D eigenvalue weighted by Crippen LogP contribution is 2.37. The molecule has 1 amide bonds. The Balaban J connectivity index is 2.35. The number of amides is 1. The first kappa shape index (κ1) is 17.3. The van der Waals surface area contributed by atoms with Crippen LogP contribution in [0, 0.1) is 0 Å². The first-order valence-electron chi connectivity index (χ1n) is 7.56. The largest absolute Gasteiger partial charge is 0.389 e. The highest BCUT2D eigenvalue weighted by atomic mass is 35.5. The van der Waals surface area contributed by atoms with Crippen LogP contribution in [-0.4, -0.2) is 48.3 Å². The van der Waals surface area contributed by atoms with Crippen LogP contribution in [0.2, 0.25) is 5.02 Å². The Hall–Kier alpha value is -1.10. The Kier molecular flexibility index (Phi) is 5.15.